The van der Waals surface area contributed by atoms with Gasteiger partial charge in [0.05, 0.1) is 39.7 Å². The van der Waals surface area contributed by atoms with Crippen LogP contribution in [0.15, 0.2) is 47.6 Å². The highest BCUT2D eigenvalue weighted by molar-refractivity contribution is 7.89. The van der Waals surface area contributed by atoms with Gasteiger partial charge < -0.3 is 19.9 Å². The van der Waals surface area contributed by atoms with Gasteiger partial charge in [0.15, 0.2) is 5.11 Å². The first-order valence-corrected chi connectivity index (χ1v) is 10.4. The van der Waals surface area contributed by atoms with Gasteiger partial charge in [-0.15, -0.1) is 0 Å². The third-order valence-electron chi connectivity index (χ3n) is 3.88. The molecule has 0 amide bonds. The number of aromatic nitrogens is 2. The Morgan fingerprint density at radius 1 is 1.21 bits per heavy atom. The van der Waals surface area contributed by atoms with Gasteiger partial charge >= 0.3 is 0 Å². The molecule has 0 bridgehead atoms. The van der Waals surface area contributed by atoms with Crippen molar-refractivity contribution in [3.8, 4) is 5.75 Å². The molecule has 0 saturated carbocycles. The standard InChI is InChI=1S/C18H21N5O3S2/c1-11(2)26-16-8-7-12(28(19,24)25)9-15(16)22-18(27)21-14-6-4-5-13-17(14)23(3)10-20-13/h4-11H,1-3H3,(H2,19,24,25)(H2,21,22,27). The molecule has 3 rings (SSSR count). The number of primary sulfonamides is 1. The fraction of sp³-hybridized carbons (Fsp3) is 0.222. The average molecular weight is 420 g/mol. The Morgan fingerprint density at radius 3 is 2.61 bits per heavy atom. The molecular weight excluding hydrogens is 398 g/mol. The van der Waals surface area contributed by atoms with Gasteiger partial charge in [-0.25, -0.2) is 18.5 Å². The molecule has 8 nitrogen and oxygen atoms in total. The largest absolute Gasteiger partial charge is 0.489 e. The number of hydrogen-bond acceptors (Lipinski definition) is 5. The SMILES string of the molecule is CC(C)Oc1ccc(S(N)(=O)=O)cc1NC(=S)Nc1cccc2ncn(C)c12. The molecule has 3 aromatic rings. The van der Waals surface area contributed by atoms with Crippen LogP contribution >= 0.6 is 12.2 Å². The second-order valence-corrected chi connectivity index (χ2v) is 8.45. The van der Waals surface area contributed by atoms with Crippen LogP contribution in [0, 0.1) is 0 Å². The van der Waals surface area contributed by atoms with Crippen LogP contribution in [0.1, 0.15) is 13.8 Å². The quantitative estimate of drug-likeness (QED) is 0.545. The summed E-state index contributed by atoms with van der Waals surface area (Å²) >= 11 is 5.42. The molecule has 0 atom stereocenters. The number of fused-ring (bicyclic) bond motifs is 1. The molecule has 1 aromatic heterocycles. The van der Waals surface area contributed by atoms with Crippen LogP contribution in [0.3, 0.4) is 0 Å². The molecule has 1 heterocycles. The van der Waals surface area contributed by atoms with Crippen molar-refractivity contribution in [2.24, 2.45) is 12.2 Å². The van der Waals surface area contributed by atoms with Crippen LogP contribution in [0.5, 0.6) is 5.75 Å². The predicted molar refractivity (Wildman–Crippen MR) is 114 cm³/mol. The smallest absolute Gasteiger partial charge is 0.238 e. The van der Waals surface area contributed by atoms with Crippen LogP contribution in [-0.2, 0) is 17.1 Å². The van der Waals surface area contributed by atoms with Crippen LogP contribution < -0.4 is 20.5 Å². The van der Waals surface area contributed by atoms with Crippen molar-refractivity contribution >= 4 is 49.8 Å². The number of nitrogens with zero attached hydrogens (tertiary/aromatic N) is 2. The third kappa shape index (κ3) is 4.41. The van der Waals surface area contributed by atoms with Gasteiger partial charge in [-0.05, 0) is 56.4 Å². The Balaban J connectivity index is 1.90. The van der Waals surface area contributed by atoms with Gasteiger partial charge in [0, 0.05) is 7.05 Å². The van der Waals surface area contributed by atoms with E-state index in [2.05, 4.69) is 15.6 Å². The zero-order valence-electron chi connectivity index (χ0n) is 15.6. The zero-order chi connectivity index (χ0) is 20.5. The summed E-state index contributed by atoms with van der Waals surface area (Å²) in [7, 11) is -1.97. The Hall–Kier alpha value is -2.69. The number of hydrogen-bond donors (Lipinski definition) is 3. The van der Waals surface area contributed by atoms with E-state index in [-0.39, 0.29) is 16.1 Å². The molecule has 148 valence electrons. The molecule has 4 N–H and O–H groups in total. The first kappa shape index (κ1) is 20.1. The number of aryl methyl sites for hydroxylation is 1. The predicted octanol–water partition coefficient (Wildman–Crippen LogP) is 2.82. The molecular formula is C18H21N5O3S2. The normalized spacial score (nSPS) is 11.6. The number of ether oxygens (including phenoxy) is 1. The number of nitrogens with two attached hydrogens (primary N) is 1. The summed E-state index contributed by atoms with van der Waals surface area (Å²) in [4.78, 5) is 4.28. The van der Waals surface area contributed by atoms with Gasteiger partial charge in [0.1, 0.15) is 5.75 Å². The van der Waals surface area contributed by atoms with Crippen molar-refractivity contribution in [2.45, 2.75) is 24.8 Å². The summed E-state index contributed by atoms with van der Waals surface area (Å²) in [6.07, 6.45) is 1.61. The van der Waals surface area contributed by atoms with E-state index in [1.807, 2.05) is 43.7 Å². The number of rotatable bonds is 5. The zero-order valence-corrected chi connectivity index (χ0v) is 17.3. The minimum absolute atomic E-state index is 0.0392. The number of para-hydroxylation sites is 1. The summed E-state index contributed by atoms with van der Waals surface area (Å²) in [6.45, 7) is 3.74. The van der Waals surface area contributed by atoms with E-state index >= 15 is 0 Å². The first-order valence-electron chi connectivity index (χ1n) is 8.46. The minimum Gasteiger partial charge on any atom is -0.489 e. The van der Waals surface area contributed by atoms with Crippen LogP contribution in [0.25, 0.3) is 11.0 Å². The molecule has 2 aromatic carbocycles. The Labute approximate surface area is 168 Å². The van der Waals surface area contributed by atoms with Gasteiger partial charge in [0.2, 0.25) is 10.0 Å². The molecule has 0 aliphatic heterocycles. The number of thiocarbonyl (C=S) groups is 1. The Morgan fingerprint density at radius 2 is 1.93 bits per heavy atom. The topological polar surface area (TPSA) is 111 Å². The van der Waals surface area contributed by atoms with Crippen molar-refractivity contribution in [2.75, 3.05) is 10.6 Å². The molecule has 0 aliphatic rings. The van der Waals surface area contributed by atoms with Crippen molar-refractivity contribution in [3.05, 3.63) is 42.7 Å². The molecule has 0 fully saturated rings. The molecule has 0 spiro atoms. The van der Waals surface area contributed by atoms with Gasteiger partial charge in [-0.3, -0.25) is 0 Å². The summed E-state index contributed by atoms with van der Waals surface area (Å²) in [5, 5.41) is 11.6. The number of imidazole rings is 1. The fourth-order valence-electron chi connectivity index (χ4n) is 2.73. The van der Waals surface area contributed by atoms with Crippen molar-refractivity contribution in [3.63, 3.8) is 0 Å². The Bertz CT molecular complexity index is 1140. The number of sulfonamides is 1. The average Bonchev–Trinajstić information content (AvgIpc) is 2.97. The highest BCUT2D eigenvalue weighted by atomic mass is 32.2. The van der Waals surface area contributed by atoms with Gasteiger partial charge in [-0.2, -0.15) is 0 Å². The van der Waals surface area contributed by atoms with Crippen molar-refractivity contribution < 1.29 is 13.2 Å². The van der Waals surface area contributed by atoms with Crippen molar-refractivity contribution in [1.29, 1.82) is 0 Å². The molecule has 0 aliphatic carbocycles. The van der Waals surface area contributed by atoms with Crippen molar-refractivity contribution in [1.82, 2.24) is 9.55 Å². The number of anilines is 2. The Kier molecular flexibility index (Phi) is 5.54. The minimum atomic E-state index is -3.86. The van der Waals surface area contributed by atoms with E-state index in [9.17, 15) is 8.42 Å². The van der Waals surface area contributed by atoms with E-state index in [4.69, 9.17) is 22.1 Å². The van der Waals surface area contributed by atoms with E-state index in [1.165, 1.54) is 12.1 Å². The van der Waals surface area contributed by atoms with Crippen LogP contribution in [-0.4, -0.2) is 29.2 Å². The molecule has 0 radical (unpaired) electrons. The van der Waals surface area contributed by atoms with E-state index in [0.29, 0.717) is 11.4 Å². The number of benzene rings is 2. The maximum absolute atomic E-state index is 11.7. The first-order chi connectivity index (χ1) is 13.1. The van der Waals surface area contributed by atoms with Crippen LogP contribution in [0.4, 0.5) is 11.4 Å². The fourth-order valence-corrected chi connectivity index (χ4v) is 3.49. The van der Waals surface area contributed by atoms with E-state index in [0.717, 1.165) is 16.7 Å². The maximum atomic E-state index is 11.7. The lowest BCUT2D eigenvalue weighted by molar-refractivity contribution is 0.243. The second kappa shape index (κ2) is 7.74. The van der Waals surface area contributed by atoms with Gasteiger partial charge in [-0.1, -0.05) is 6.07 Å². The summed E-state index contributed by atoms with van der Waals surface area (Å²) < 4.78 is 31.0. The van der Waals surface area contributed by atoms with Crippen LogP contribution in [0.2, 0.25) is 0 Å². The second-order valence-electron chi connectivity index (χ2n) is 6.48. The van der Waals surface area contributed by atoms with E-state index < -0.39 is 10.0 Å². The molecule has 28 heavy (non-hydrogen) atoms. The lowest BCUT2D eigenvalue weighted by atomic mass is 10.2. The summed E-state index contributed by atoms with van der Waals surface area (Å²) in [6, 6.07) is 9.99. The maximum Gasteiger partial charge on any atom is 0.238 e. The van der Waals surface area contributed by atoms with E-state index in [1.54, 1.807) is 12.4 Å². The molecule has 0 saturated heterocycles. The highest BCUT2D eigenvalue weighted by Gasteiger charge is 2.15. The molecule has 0 unspecified atom stereocenters. The van der Waals surface area contributed by atoms with Gasteiger partial charge in [0.25, 0.3) is 0 Å². The monoisotopic (exact) mass is 419 g/mol. The lowest BCUT2D eigenvalue weighted by Gasteiger charge is -2.18. The lowest BCUT2D eigenvalue weighted by Crippen LogP contribution is -2.21. The third-order valence-corrected chi connectivity index (χ3v) is 4.99. The molecule has 10 heteroatoms. The summed E-state index contributed by atoms with van der Waals surface area (Å²) in [5.41, 5.74) is 2.89. The number of nitrogens with one attached hydrogen (secondary N) is 2. The highest BCUT2D eigenvalue weighted by Crippen LogP contribution is 2.29. The summed E-state index contributed by atoms with van der Waals surface area (Å²) in [5.74, 6) is 0.463.